The number of rotatable bonds is 1. The minimum absolute atomic E-state index is 0.172. The second-order valence-electron chi connectivity index (χ2n) is 3.08. The molecule has 1 rings (SSSR count). The number of halogens is 3. The molecule has 16 heavy (non-hydrogen) atoms. The molecular formula is C6H7F3N2O4S. The van der Waals surface area contributed by atoms with Crippen LogP contribution in [-0.2, 0) is 19.6 Å². The molecule has 0 aliphatic carbocycles. The van der Waals surface area contributed by atoms with E-state index in [4.69, 9.17) is 0 Å². The minimum Gasteiger partial charge on any atom is -0.294 e. The van der Waals surface area contributed by atoms with Gasteiger partial charge >= 0.3 is 15.5 Å². The Morgan fingerprint density at radius 1 is 1.38 bits per heavy atom. The van der Waals surface area contributed by atoms with Gasteiger partial charge in [-0.1, -0.05) is 0 Å². The van der Waals surface area contributed by atoms with E-state index in [1.165, 1.54) is 0 Å². The highest BCUT2D eigenvalue weighted by Crippen LogP contribution is 2.28. The highest BCUT2D eigenvalue weighted by atomic mass is 32.2. The van der Waals surface area contributed by atoms with Crippen molar-refractivity contribution in [2.75, 3.05) is 6.54 Å². The Morgan fingerprint density at radius 2 is 1.88 bits per heavy atom. The second kappa shape index (κ2) is 3.70. The van der Waals surface area contributed by atoms with Gasteiger partial charge in [0.05, 0.1) is 6.54 Å². The van der Waals surface area contributed by atoms with Gasteiger partial charge < -0.3 is 0 Å². The molecule has 2 amide bonds. The van der Waals surface area contributed by atoms with Gasteiger partial charge in [-0.25, -0.2) is 8.42 Å². The average molecular weight is 260 g/mol. The van der Waals surface area contributed by atoms with Crippen LogP contribution in [0.3, 0.4) is 0 Å². The Bertz CT molecular complexity index is 430. The molecule has 10 heteroatoms. The van der Waals surface area contributed by atoms with Crippen LogP contribution in [0.15, 0.2) is 0 Å². The summed E-state index contributed by atoms with van der Waals surface area (Å²) < 4.78 is 58.3. The Labute approximate surface area is 88.4 Å². The predicted molar refractivity (Wildman–Crippen MR) is 44.3 cm³/mol. The van der Waals surface area contributed by atoms with E-state index in [2.05, 4.69) is 0 Å². The maximum atomic E-state index is 12.2. The first-order valence-electron chi connectivity index (χ1n) is 3.99. The first-order valence-corrected chi connectivity index (χ1v) is 5.43. The standard InChI is InChI=1S/C6H7F3N2O4S/c1-3-5(13)10-4(12)2-11(3)16(14,15)6(7,8)9/h3H,2H2,1H3,(H,10,12,13). The lowest BCUT2D eigenvalue weighted by molar-refractivity contribution is -0.137. The Morgan fingerprint density at radius 3 is 2.31 bits per heavy atom. The van der Waals surface area contributed by atoms with Crippen molar-refractivity contribution in [3.05, 3.63) is 0 Å². The number of carbonyl (C=O) groups is 2. The molecule has 1 unspecified atom stereocenters. The van der Waals surface area contributed by atoms with E-state index in [1.807, 2.05) is 0 Å². The van der Waals surface area contributed by atoms with Crippen LogP contribution in [0.4, 0.5) is 13.2 Å². The summed E-state index contributed by atoms with van der Waals surface area (Å²) in [5.74, 6) is -2.17. The molecule has 1 heterocycles. The maximum Gasteiger partial charge on any atom is 0.511 e. The highest BCUT2D eigenvalue weighted by Gasteiger charge is 2.54. The van der Waals surface area contributed by atoms with Gasteiger partial charge in [0.25, 0.3) is 0 Å². The fourth-order valence-corrected chi connectivity index (χ4v) is 2.18. The lowest BCUT2D eigenvalue weighted by atomic mass is 10.2. The summed E-state index contributed by atoms with van der Waals surface area (Å²) in [5, 5.41) is 1.73. The first-order chi connectivity index (χ1) is 7.07. The largest absolute Gasteiger partial charge is 0.511 e. The third-order valence-electron chi connectivity index (χ3n) is 1.97. The van der Waals surface area contributed by atoms with E-state index in [9.17, 15) is 31.2 Å². The van der Waals surface area contributed by atoms with E-state index in [0.717, 1.165) is 6.92 Å². The van der Waals surface area contributed by atoms with Crippen LogP contribution in [0.2, 0.25) is 0 Å². The van der Waals surface area contributed by atoms with Crippen LogP contribution in [0, 0.1) is 0 Å². The number of alkyl halides is 3. The van der Waals surface area contributed by atoms with Gasteiger partial charge in [-0.2, -0.15) is 17.5 Å². The van der Waals surface area contributed by atoms with Gasteiger partial charge in [0.15, 0.2) is 0 Å². The molecule has 6 nitrogen and oxygen atoms in total. The molecule has 1 aliphatic rings. The van der Waals surface area contributed by atoms with Crippen molar-refractivity contribution in [3.8, 4) is 0 Å². The van der Waals surface area contributed by atoms with Gasteiger partial charge in [-0.15, -0.1) is 0 Å². The van der Waals surface area contributed by atoms with Crippen LogP contribution >= 0.6 is 0 Å². The summed E-state index contributed by atoms with van der Waals surface area (Å²) in [6.07, 6.45) is 0. The van der Waals surface area contributed by atoms with Crippen LogP contribution in [0.5, 0.6) is 0 Å². The van der Waals surface area contributed by atoms with Gasteiger partial charge in [0.1, 0.15) is 6.04 Å². The molecule has 0 radical (unpaired) electrons. The van der Waals surface area contributed by atoms with Gasteiger partial charge in [0.2, 0.25) is 11.8 Å². The molecule has 0 aromatic heterocycles. The Balaban J connectivity index is 3.13. The Hall–Kier alpha value is -1.16. The van der Waals surface area contributed by atoms with Crippen molar-refractivity contribution in [2.24, 2.45) is 0 Å². The highest BCUT2D eigenvalue weighted by molar-refractivity contribution is 7.90. The van der Waals surface area contributed by atoms with Gasteiger partial charge in [0, 0.05) is 0 Å². The molecule has 0 aromatic carbocycles. The fraction of sp³-hybridized carbons (Fsp3) is 0.667. The number of piperazine rings is 1. The van der Waals surface area contributed by atoms with E-state index in [1.54, 1.807) is 5.32 Å². The maximum absolute atomic E-state index is 12.2. The number of carbonyl (C=O) groups excluding carboxylic acids is 2. The molecule has 1 atom stereocenters. The number of hydrogen-bond acceptors (Lipinski definition) is 4. The summed E-state index contributed by atoms with van der Waals surface area (Å²) in [7, 11) is -5.66. The molecule has 92 valence electrons. The lowest BCUT2D eigenvalue weighted by Gasteiger charge is -2.30. The molecule has 0 spiro atoms. The van der Waals surface area contributed by atoms with Gasteiger partial charge in [-0.3, -0.25) is 14.9 Å². The smallest absolute Gasteiger partial charge is 0.294 e. The second-order valence-corrected chi connectivity index (χ2v) is 4.97. The van der Waals surface area contributed by atoms with Crippen molar-refractivity contribution >= 4 is 21.8 Å². The molecule has 1 N–H and O–H groups in total. The van der Waals surface area contributed by atoms with Crippen LogP contribution in [-0.4, -0.2) is 42.6 Å². The summed E-state index contributed by atoms with van der Waals surface area (Å²) in [5.41, 5.74) is -5.53. The number of amides is 2. The van der Waals surface area contributed by atoms with Crippen molar-refractivity contribution in [2.45, 2.75) is 18.5 Å². The normalized spacial score (nSPS) is 24.4. The number of nitrogens with zero attached hydrogens (tertiary/aromatic N) is 1. The van der Waals surface area contributed by atoms with E-state index in [0.29, 0.717) is 0 Å². The molecule has 0 aromatic rings. The van der Waals surface area contributed by atoms with E-state index < -0.39 is 39.9 Å². The van der Waals surface area contributed by atoms with E-state index >= 15 is 0 Å². The number of sulfonamides is 1. The molecule has 0 bridgehead atoms. The summed E-state index contributed by atoms with van der Waals surface area (Å²) in [4.78, 5) is 21.8. The average Bonchev–Trinajstić information content (AvgIpc) is 2.09. The van der Waals surface area contributed by atoms with Crippen LogP contribution in [0.25, 0.3) is 0 Å². The molecule has 1 aliphatic heterocycles. The van der Waals surface area contributed by atoms with Crippen molar-refractivity contribution in [1.29, 1.82) is 0 Å². The molecule has 1 saturated heterocycles. The van der Waals surface area contributed by atoms with Gasteiger partial charge in [-0.05, 0) is 6.92 Å². The van der Waals surface area contributed by atoms with E-state index in [-0.39, 0.29) is 4.31 Å². The SMILES string of the molecule is CC1C(=O)NC(=O)CN1S(=O)(=O)C(F)(F)F. The van der Waals surface area contributed by atoms with Crippen molar-refractivity contribution in [1.82, 2.24) is 9.62 Å². The first kappa shape index (κ1) is 12.9. The molecular weight excluding hydrogens is 253 g/mol. The lowest BCUT2D eigenvalue weighted by Crippen LogP contribution is -2.60. The topological polar surface area (TPSA) is 83.6 Å². The monoisotopic (exact) mass is 260 g/mol. The Kier molecular flexibility index (Phi) is 2.98. The zero-order valence-corrected chi connectivity index (χ0v) is 8.72. The molecule has 1 fully saturated rings. The van der Waals surface area contributed by atoms with Crippen LogP contribution < -0.4 is 5.32 Å². The number of imide groups is 1. The fourth-order valence-electron chi connectivity index (χ4n) is 1.12. The number of hydrogen-bond donors (Lipinski definition) is 1. The zero-order chi connectivity index (χ0) is 12.7. The summed E-state index contributed by atoms with van der Waals surface area (Å²) in [6.45, 7) is -0.0557. The third-order valence-corrected chi connectivity index (χ3v) is 3.62. The predicted octanol–water partition coefficient (Wildman–Crippen LogP) is -0.817. The molecule has 0 saturated carbocycles. The number of nitrogens with one attached hydrogen (secondary N) is 1. The summed E-state index contributed by atoms with van der Waals surface area (Å²) in [6, 6.07) is -1.57. The summed E-state index contributed by atoms with van der Waals surface area (Å²) >= 11 is 0. The van der Waals surface area contributed by atoms with Crippen molar-refractivity contribution in [3.63, 3.8) is 0 Å². The minimum atomic E-state index is -5.66. The quantitative estimate of drug-likeness (QED) is 0.624. The van der Waals surface area contributed by atoms with Crippen molar-refractivity contribution < 1.29 is 31.2 Å². The third kappa shape index (κ3) is 2.02. The van der Waals surface area contributed by atoms with Crippen LogP contribution in [0.1, 0.15) is 6.92 Å². The zero-order valence-electron chi connectivity index (χ0n) is 7.91.